The highest BCUT2D eigenvalue weighted by Crippen LogP contribution is 2.19. The van der Waals surface area contributed by atoms with E-state index in [1.54, 1.807) is 11.3 Å². The zero-order valence-electron chi connectivity index (χ0n) is 9.27. The first kappa shape index (κ1) is 11.1. The van der Waals surface area contributed by atoms with E-state index in [2.05, 4.69) is 12.3 Å². The summed E-state index contributed by atoms with van der Waals surface area (Å²) in [5, 5.41) is 2.08. The molecular weight excluding hydrogens is 216 g/mol. The van der Waals surface area contributed by atoms with Crippen LogP contribution in [0.2, 0.25) is 0 Å². The molecule has 1 aromatic heterocycles. The largest absolute Gasteiger partial charge is 0.288 e. The Morgan fingerprint density at radius 1 is 1.25 bits per heavy atom. The maximum Gasteiger partial charge on any atom is 0.202 e. The van der Waals surface area contributed by atoms with E-state index in [1.807, 2.05) is 36.4 Å². The van der Waals surface area contributed by atoms with Crippen molar-refractivity contribution in [2.75, 3.05) is 0 Å². The number of ketones is 1. The van der Waals surface area contributed by atoms with Crippen molar-refractivity contribution in [3.8, 4) is 0 Å². The SMILES string of the molecule is CCCc1csc(C(=O)c2ccccc2)c1. The predicted octanol–water partition coefficient (Wildman–Crippen LogP) is 3.93. The third-order valence-corrected chi connectivity index (χ3v) is 3.43. The van der Waals surface area contributed by atoms with Crippen LogP contribution in [0.5, 0.6) is 0 Å². The van der Waals surface area contributed by atoms with Crippen molar-refractivity contribution in [3.05, 3.63) is 57.8 Å². The molecule has 0 radical (unpaired) electrons. The minimum Gasteiger partial charge on any atom is -0.288 e. The quantitative estimate of drug-likeness (QED) is 0.727. The van der Waals surface area contributed by atoms with Gasteiger partial charge in [-0.3, -0.25) is 4.79 Å². The molecule has 0 N–H and O–H groups in total. The second kappa shape index (κ2) is 5.08. The fourth-order valence-corrected chi connectivity index (χ4v) is 2.55. The lowest BCUT2D eigenvalue weighted by atomic mass is 10.1. The van der Waals surface area contributed by atoms with Gasteiger partial charge in [0.15, 0.2) is 0 Å². The Hall–Kier alpha value is -1.41. The van der Waals surface area contributed by atoms with Crippen molar-refractivity contribution in [2.24, 2.45) is 0 Å². The highest BCUT2D eigenvalue weighted by molar-refractivity contribution is 7.12. The molecule has 0 aliphatic heterocycles. The van der Waals surface area contributed by atoms with Gasteiger partial charge in [0.05, 0.1) is 4.88 Å². The molecule has 2 rings (SSSR count). The Balaban J connectivity index is 2.21. The van der Waals surface area contributed by atoms with Gasteiger partial charge in [0.2, 0.25) is 5.78 Å². The molecule has 0 saturated heterocycles. The molecule has 1 nitrogen and oxygen atoms in total. The third-order valence-electron chi connectivity index (χ3n) is 2.45. The summed E-state index contributed by atoms with van der Waals surface area (Å²) in [5.74, 6) is 0.132. The van der Waals surface area contributed by atoms with Gasteiger partial charge in [0, 0.05) is 5.56 Å². The lowest BCUT2D eigenvalue weighted by Crippen LogP contribution is -1.97. The summed E-state index contributed by atoms with van der Waals surface area (Å²) >= 11 is 1.54. The van der Waals surface area contributed by atoms with E-state index in [4.69, 9.17) is 0 Å². The van der Waals surface area contributed by atoms with Crippen LogP contribution in [0.25, 0.3) is 0 Å². The zero-order chi connectivity index (χ0) is 11.4. The number of rotatable bonds is 4. The van der Waals surface area contributed by atoms with Crippen LogP contribution in [0.1, 0.15) is 34.1 Å². The van der Waals surface area contributed by atoms with Crippen LogP contribution in [-0.2, 0) is 6.42 Å². The zero-order valence-corrected chi connectivity index (χ0v) is 10.1. The number of benzene rings is 1. The second-order valence-corrected chi connectivity index (χ2v) is 4.68. The minimum atomic E-state index is 0.132. The van der Waals surface area contributed by atoms with E-state index in [0.717, 1.165) is 23.3 Å². The molecule has 0 fully saturated rings. The van der Waals surface area contributed by atoms with Crippen LogP contribution in [0.15, 0.2) is 41.8 Å². The van der Waals surface area contributed by atoms with Gasteiger partial charge < -0.3 is 0 Å². The van der Waals surface area contributed by atoms with Crippen molar-refractivity contribution in [1.82, 2.24) is 0 Å². The Labute approximate surface area is 99.8 Å². The second-order valence-electron chi connectivity index (χ2n) is 3.76. The average Bonchev–Trinajstić information content (AvgIpc) is 2.78. The minimum absolute atomic E-state index is 0.132. The molecule has 16 heavy (non-hydrogen) atoms. The van der Waals surface area contributed by atoms with Crippen molar-refractivity contribution in [3.63, 3.8) is 0 Å². The summed E-state index contributed by atoms with van der Waals surface area (Å²) in [6, 6.07) is 11.5. The summed E-state index contributed by atoms with van der Waals surface area (Å²) in [7, 11) is 0. The molecule has 0 bridgehead atoms. The smallest absolute Gasteiger partial charge is 0.202 e. The van der Waals surface area contributed by atoms with Crippen molar-refractivity contribution >= 4 is 17.1 Å². The molecule has 82 valence electrons. The molecular formula is C14H14OS. The van der Waals surface area contributed by atoms with E-state index in [9.17, 15) is 4.79 Å². The van der Waals surface area contributed by atoms with Crippen LogP contribution in [-0.4, -0.2) is 5.78 Å². The van der Waals surface area contributed by atoms with E-state index >= 15 is 0 Å². The van der Waals surface area contributed by atoms with E-state index in [0.29, 0.717) is 0 Å². The van der Waals surface area contributed by atoms with E-state index < -0.39 is 0 Å². The molecule has 0 unspecified atom stereocenters. The van der Waals surface area contributed by atoms with Crippen LogP contribution in [0.4, 0.5) is 0 Å². The number of carbonyl (C=O) groups excluding carboxylic acids is 1. The molecule has 2 aromatic rings. The normalized spacial score (nSPS) is 10.3. The number of hydrogen-bond donors (Lipinski definition) is 0. The number of thiophene rings is 1. The topological polar surface area (TPSA) is 17.1 Å². The van der Waals surface area contributed by atoms with Crippen LogP contribution in [0, 0.1) is 0 Å². The average molecular weight is 230 g/mol. The van der Waals surface area contributed by atoms with Gasteiger partial charge in [-0.25, -0.2) is 0 Å². The fourth-order valence-electron chi connectivity index (χ4n) is 1.65. The highest BCUT2D eigenvalue weighted by Gasteiger charge is 2.10. The predicted molar refractivity (Wildman–Crippen MR) is 68.2 cm³/mol. The Morgan fingerprint density at radius 3 is 2.69 bits per heavy atom. The first-order chi connectivity index (χ1) is 7.81. The molecule has 0 spiro atoms. The maximum absolute atomic E-state index is 12.1. The van der Waals surface area contributed by atoms with Crippen LogP contribution >= 0.6 is 11.3 Å². The van der Waals surface area contributed by atoms with Crippen LogP contribution in [0.3, 0.4) is 0 Å². The highest BCUT2D eigenvalue weighted by atomic mass is 32.1. The molecule has 0 aliphatic rings. The van der Waals surface area contributed by atoms with Gasteiger partial charge >= 0.3 is 0 Å². The molecule has 0 aliphatic carbocycles. The summed E-state index contributed by atoms with van der Waals surface area (Å²) in [5.41, 5.74) is 2.04. The van der Waals surface area contributed by atoms with Crippen molar-refractivity contribution in [1.29, 1.82) is 0 Å². The monoisotopic (exact) mass is 230 g/mol. The first-order valence-corrected chi connectivity index (χ1v) is 6.36. The Kier molecular flexibility index (Phi) is 3.52. The number of hydrogen-bond acceptors (Lipinski definition) is 2. The Bertz CT molecular complexity index is 470. The molecule has 0 amide bonds. The summed E-state index contributed by atoms with van der Waals surface area (Å²) in [4.78, 5) is 12.9. The maximum atomic E-state index is 12.1. The van der Waals surface area contributed by atoms with E-state index in [-0.39, 0.29) is 5.78 Å². The van der Waals surface area contributed by atoms with Gasteiger partial charge in [-0.1, -0.05) is 43.7 Å². The Morgan fingerprint density at radius 2 is 2.00 bits per heavy atom. The molecule has 1 heterocycles. The molecule has 2 heteroatoms. The van der Waals surface area contributed by atoms with Gasteiger partial charge in [0.25, 0.3) is 0 Å². The molecule has 0 atom stereocenters. The van der Waals surface area contributed by atoms with Gasteiger partial charge in [-0.2, -0.15) is 0 Å². The van der Waals surface area contributed by atoms with Crippen molar-refractivity contribution < 1.29 is 4.79 Å². The summed E-state index contributed by atoms with van der Waals surface area (Å²) in [6.45, 7) is 2.15. The van der Waals surface area contributed by atoms with Crippen molar-refractivity contribution in [2.45, 2.75) is 19.8 Å². The van der Waals surface area contributed by atoms with Gasteiger partial charge in [0.1, 0.15) is 0 Å². The first-order valence-electron chi connectivity index (χ1n) is 5.48. The standard InChI is InChI=1S/C14H14OS/c1-2-6-11-9-13(16-10-11)14(15)12-7-4-3-5-8-12/h3-5,7-10H,2,6H2,1H3. The lowest BCUT2D eigenvalue weighted by Gasteiger charge is -1.96. The number of aryl methyl sites for hydroxylation is 1. The van der Waals surface area contributed by atoms with Gasteiger partial charge in [-0.05, 0) is 23.4 Å². The third kappa shape index (κ3) is 2.39. The number of carbonyl (C=O) groups is 1. The van der Waals surface area contributed by atoms with Gasteiger partial charge in [-0.15, -0.1) is 11.3 Å². The van der Waals surface area contributed by atoms with E-state index in [1.165, 1.54) is 5.56 Å². The summed E-state index contributed by atoms with van der Waals surface area (Å²) < 4.78 is 0. The summed E-state index contributed by atoms with van der Waals surface area (Å²) in [6.07, 6.45) is 2.17. The van der Waals surface area contributed by atoms with Crippen LogP contribution < -0.4 is 0 Å². The molecule has 0 saturated carbocycles. The fraction of sp³-hybridized carbons (Fsp3) is 0.214. The molecule has 1 aromatic carbocycles. The lowest BCUT2D eigenvalue weighted by molar-refractivity contribution is 0.104.